The second kappa shape index (κ2) is 11.3. The number of ether oxygens (including phenoxy) is 1. The smallest absolute Gasteiger partial charge is 0.258 e. The Labute approximate surface area is 175 Å². The number of rotatable bonds is 9. The molecule has 1 amide bonds. The van der Waals surface area contributed by atoms with Crippen LogP contribution in [-0.4, -0.2) is 43.8 Å². The molecular weight excluding hydrogens is 360 g/mol. The van der Waals surface area contributed by atoms with Crippen LogP contribution in [-0.2, 0) is 9.53 Å². The van der Waals surface area contributed by atoms with Crippen molar-refractivity contribution in [3.63, 3.8) is 0 Å². The van der Waals surface area contributed by atoms with E-state index >= 15 is 0 Å². The Morgan fingerprint density at radius 3 is 2.79 bits per heavy atom. The zero-order valence-electron chi connectivity index (χ0n) is 17.8. The summed E-state index contributed by atoms with van der Waals surface area (Å²) in [5.41, 5.74) is 3.29. The van der Waals surface area contributed by atoms with E-state index in [0.717, 1.165) is 36.1 Å². The predicted molar refractivity (Wildman–Crippen MR) is 122 cm³/mol. The topological polar surface area (TPSA) is 41.9 Å². The number of nitrogens with zero attached hydrogens (tertiary/aromatic N) is 2. The average Bonchev–Trinajstić information content (AvgIpc) is 2.96. The van der Waals surface area contributed by atoms with E-state index in [-0.39, 0.29) is 17.9 Å². The van der Waals surface area contributed by atoms with Gasteiger partial charge < -0.3 is 9.64 Å². The van der Waals surface area contributed by atoms with E-state index < -0.39 is 0 Å². The highest BCUT2D eigenvalue weighted by Crippen LogP contribution is 2.29. The second-order valence-electron chi connectivity index (χ2n) is 7.26. The minimum Gasteiger partial charge on any atom is -0.380 e. The van der Waals surface area contributed by atoms with E-state index in [1.165, 1.54) is 0 Å². The molecule has 1 aliphatic carbocycles. The maximum atomic E-state index is 13.4. The highest BCUT2D eigenvalue weighted by atomic mass is 16.5. The molecule has 1 heterocycles. The molecular formula is C25H32N2O2. The van der Waals surface area contributed by atoms with Crippen LogP contribution in [0.5, 0.6) is 0 Å². The third-order valence-corrected chi connectivity index (χ3v) is 5.29. The fourth-order valence-electron chi connectivity index (χ4n) is 3.59. The molecule has 0 N–H and O–H groups in total. The number of allylic oxidation sites excluding steroid dienone is 7. The van der Waals surface area contributed by atoms with Crippen LogP contribution in [0.15, 0.2) is 89.2 Å². The Balaban J connectivity index is 2.33. The first-order chi connectivity index (χ1) is 14.0. The molecule has 2 aliphatic rings. The van der Waals surface area contributed by atoms with Gasteiger partial charge in [-0.2, -0.15) is 0 Å². The SMILES string of the molecule is C=CC(C(=O)N(C)C1=CC=CC(=C)C=C1)=C(COC)C(CC)CC1CC=CC=N1. The fraction of sp³-hybridized carbons (Fsp3) is 0.360. The number of methoxy groups -OCH3 is 1. The van der Waals surface area contributed by atoms with Crippen LogP contribution in [0.4, 0.5) is 0 Å². The number of dihydropyridines is 1. The van der Waals surface area contributed by atoms with Gasteiger partial charge in [-0.1, -0.05) is 50.5 Å². The van der Waals surface area contributed by atoms with Gasteiger partial charge in [-0.3, -0.25) is 9.79 Å². The lowest BCUT2D eigenvalue weighted by atomic mass is 9.85. The van der Waals surface area contributed by atoms with Gasteiger partial charge in [0.15, 0.2) is 0 Å². The van der Waals surface area contributed by atoms with Crippen LogP contribution < -0.4 is 0 Å². The zero-order chi connectivity index (χ0) is 21.2. The van der Waals surface area contributed by atoms with Crippen LogP contribution in [0.25, 0.3) is 0 Å². The number of likely N-dealkylation sites (N-methyl/N-ethyl adjacent to an activating group) is 1. The van der Waals surface area contributed by atoms with Crippen molar-refractivity contribution in [1.29, 1.82) is 0 Å². The van der Waals surface area contributed by atoms with Gasteiger partial charge in [0.05, 0.1) is 12.6 Å². The first-order valence-electron chi connectivity index (χ1n) is 10.1. The molecule has 0 aromatic carbocycles. The minimum atomic E-state index is -0.0886. The Hall–Kier alpha value is -2.72. The summed E-state index contributed by atoms with van der Waals surface area (Å²) < 4.78 is 5.49. The molecule has 154 valence electrons. The second-order valence-corrected chi connectivity index (χ2v) is 7.26. The number of hydrogen-bond acceptors (Lipinski definition) is 3. The summed E-state index contributed by atoms with van der Waals surface area (Å²) in [6.45, 7) is 10.4. The molecule has 0 saturated carbocycles. The van der Waals surface area contributed by atoms with Gasteiger partial charge in [0, 0.05) is 31.6 Å². The largest absolute Gasteiger partial charge is 0.380 e. The summed E-state index contributed by atoms with van der Waals surface area (Å²) in [6, 6.07) is 0.236. The number of hydrogen-bond donors (Lipinski definition) is 0. The van der Waals surface area contributed by atoms with E-state index in [9.17, 15) is 4.79 Å². The van der Waals surface area contributed by atoms with E-state index in [0.29, 0.717) is 12.2 Å². The molecule has 2 atom stereocenters. The number of carbonyl (C=O) groups excluding carboxylic acids is 1. The maximum absolute atomic E-state index is 13.4. The number of carbonyl (C=O) groups is 1. The Kier molecular flexibility index (Phi) is 8.81. The molecule has 0 bridgehead atoms. The molecule has 0 fully saturated rings. The lowest BCUT2D eigenvalue weighted by Crippen LogP contribution is -2.29. The molecule has 0 saturated heterocycles. The Morgan fingerprint density at radius 1 is 1.38 bits per heavy atom. The van der Waals surface area contributed by atoms with Crippen LogP contribution in [0, 0.1) is 5.92 Å². The van der Waals surface area contributed by atoms with Gasteiger partial charge >= 0.3 is 0 Å². The van der Waals surface area contributed by atoms with Crippen molar-refractivity contribution in [2.24, 2.45) is 10.9 Å². The Morgan fingerprint density at radius 2 is 2.17 bits per heavy atom. The number of amides is 1. The summed E-state index contributed by atoms with van der Waals surface area (Å²) in [5.74, 6) is 0.113. The highest BCUT2D eigenvalue weighted by Gasteiger charge is 2.25. The normalized spacial score (nSPS) is 20.0. The predicted octanol–water partition coefficient (Wildman–Crippen LogP) is 4.96. The monoisotopic (exact) mass is 392 g/mol. The summed E-state index contributed by atoms with van der Waals surface area (Å²) in [6.07, 6.45) is 19.9. The highest BCUT2D eigenvalue weighted by molar-refractivity contribution is 5.98. The molecule has 4 nitrogen and oxygen atoms in total. The van der Waals surface area contributed by atoms with E-state index in [1.807, 2.05) is 42.7 Å². The van der Waals surface area contributed by atoms with Gasteiger partial charge in [0.2, 0.25) is 0 Å². The third kappa shape index (κ3) is 6.13. The molecule has 29 heavy (non-hydrogen) atoms. The summed E-state index contributed by atoms with van der Waals surface area (Å²) >= 11 is 0. The zero-order valence-corrected chi connectivity index (χ0v) is 17.8. The Bertz CT molecular complexity index is 809. The minimum absolute atomic E-state index is 0.0886. The lowest BCUT2D eigenvalue weighted by Gasteiger charge is -2.26. The van der Waals surface area contributed by atoms with Crippen LogP contribution >= 0.6 is 0 Å². The van der Waals surface area contributed by atoms with Crippen molar-refractivity contribution in [2.45, 2.75) is 32.2 Å². The maximum Gasteiger partial charge on any atom is 0.258 e. The van der Waals surface area contributed by atoms with E-state index in [2.05, 4.69) is 31.2 Å². The van der Waals surface area contributed by atoms with Crippen molar-refractivity contribution in [3.8, 4) is 0 Å². The summed E-state index contributed by atoms with van der Waals surface area (Å²) in [5, 5.41) is 0. The lowest BCUT2D eigenvalue weighted by molar-refractivity contribution is -0.123. The fourth-order valence-corrected chi connectivity index (χ4v) is 3.59. The standard InChI is InChI=1S/C25H32N2O2/c1-6-20(17-21-12-8-9-16-26-21)24(18-29-5)23(7-2)25(28)27(4)22-13-10-11-19(3)14-15-22/h7-11,13-16,20-21H,2-3,6,12,17-18H2,1,4-5H3. The van der Waals surface area contributed by atoms with Gasteiger partial charge in [-0.15, -0.1) is 0 Å². The molecule has 0 radical (unpaired) electrons. The van der Waals surface area contributed by atoms with Gasteiger partial charge in [-0.05, 0) is 54.6 Å². The van der Waals surface area contributed by atoms with Crippen molar-refractivity contribution >= 4 is 12.1 Å². The van der Waals surface area contributed by atoms with Crippen LogP contribution in [0.2, 0.25) is 0 Å². The third-order valence-electron chi connectivity index (χ3n) is 5.29. The van der Waals surface area contributed by atoms with Crippen molar-refractivity contribution in [3.05, 3.63) is 84.2 Å². The molecule has 2 rings (SSSR count). The van der Waals surface area contributed by atoms with Gasteiger partial charge in [-0.25, -0.2) is 0 Å². The first kappa shape index (κ1) is 22.6. The molecule has 4 heteroatoms. The summed E-state index contributed by atoms with van der Waals surface area (Å²) in [7, 11) is 3.45. The van der Waals surface area contributed by atoms with E-state index in [1.54, 1.807) is 25.1 Å². The van der Waals surface area contributed by atoms with Gasteiger partial charge in [0.25, 0.3) is 5.91 Å². The average molecular weight is 393 g/mol. The molecule has 1 aliphatic heterocycles. The van der Waals surface area contributed by atoms with Crippen molar-refractivity contribution < 1.29 is 9.53 Å². The molecule has 2 unspecified atom stereocenters. The molecule has 0 aromatic rings. The summed E-state index contributed by atoms with van der Waals surface area (Å²) in [4.78, 5) is 19.6. The van der Waals surface area contributed by atoms with Gasteiger partial charge in [0.1, 0.15) is 0 Å². The van der Waals surface area contributed by atoms with Crippen molar-refractivity contribution in [2.75, 3.05) is 20.8 Å². The quantitative estimate of drug-likeness (QED) is 0.411. The van der Waals surface area contributed by atoms with E-state index in [4.69, 9.17) is 4.74 Å². The first-order valence-corrected chi connectivity index (χ1v) is 10.1. The van der Waals surface area contributed by atoms with Crippen LogP contribution in [0.1, 0.15) is 26.2 Å². The number of aliphatic imine (C=N–C) groups is 1. The molecule has 0 aromatic heterocycles. The van der Waals surface area contributed by atoms with Crippen molar-refractivity contribution in [1.82, 2.24) is 4.90 Å². The molecule has 0 spiro atoms. The van der Waals surface area contributed by atoms with Crippen LogP contribution in [0.3, 0.4) is 0 Å².